The van der Waals surface area contributed by atoms with Crippen molar-refractivity contribution in [3.05, 3.63) is 65.5 Å². The monoisotopic (exact) mass is 393 g/mol. The molecule has 0 unspecified atom stereocenters. The lowest BCUT2D eigenvalue weighted by Gasteiger charge is -2.07. The van der Waals surface area contributed by atoms with Crippen LogP contribution in [0.25, 0.3) is 0 Å². The van der Waals surface area contributed by atoms with Gasteiger partial charge in [-0.25, -0.2) is 17.9 Å². The summed E-state index contributed by atoms with van der Waals surface area (Å²) in [5.41, 5.74) is 1.55. The van der Waals surface area contributed by atoms with Gasteiger partial charge in [0.05, 0.1) is 4.90 Å². The second-order valence-electron chi connectivity index (χ2n) is 5.87. The van der Waals surface area contributed by atoms with Crippen LogP contribution in [0.1, 0.15) is 17.5 Å². The van der Waals surface area contributed by atoms with Gasteiger partial charge in [-0.2, -0.15) is 0 Å². The minimum absolute atomic E-state index is 0.0214. The Morgan fingerprint density at radius 2 is 1.44 bits per heavy atom. The predicted octanol–water partition coefficient (Wildman–Crippen LogP) is 0.838. The topological polar surface area (TPSA) is 118 Å². The Kier molecular flexibility index (Phi) is 7.03. The highest BCUT2D eigenvalue weighted by atomic mass is 32.2. The fraction of sp³-hybridized carbons (Fsp3) is 0.222. The number of halogens is 1. The number of hydrogen-bond donors (Lipinski definition) is 3. The predicted molar refractivity (Wildman–Crippen MR) is 97.4 cm³/mol. The van der Waals surface area contributed by atoms with Gasteiger partial charge in [-0.3, -0.25) is 9.59 Å². The lowest BCUT2D eigenvalue weighted by molar-refractivity contribution is -0.129. The number of carbonyl (C=O) groups excluding carboxylic acids is 2. The molecular weight excluding hydrogens is 373 g/mol. The van der Waals surface area contributed by atoms with Gasteiger partial charge in [-0.1, -0.05) is 24.3 Å². The van der Waals surface area contributed by atoms with Crippen molar-refractivity contribution in [2.24, 2.45) is 5.14 Å². The van der Waals surface area contributed by atoms with Crippen LogP contribution in [0.4, 0.5) is 4.39 Å². The molecule has 0 bridgehead atoms. The summed E-state index contributed by atoms with van der Waals surface area (Å²) in [6.07, 6.45) is 0.166. The molecule has 0 fully saturated rings. The normalized spacial score (nSPS) is 11.0. The van der Waals surface area contributed by atoms with Crippen LogP contribution in [0, 0.1) is 5.82 Å². The van der Waals surface area contributed by atoms with Crippen LogP contribution >= 0.6 is 0 Å². The van der Waals surface area contributed by atoms with Gasteiger partial charge in [-0.15, -0.1) is 0 Å². The molecule has 0 aromatic heterocycles. The van der Waals surface area contributed by atoms with E-state index in [1.54, 1.807) is 24.3 Å². The summed E-state index contributed by atoms with van der Waals surface area (Å²) in [5, 5.41) is 10.2. The van der Waals surface area contributed by atoms with Crippen LogP contribution in [0.15, 0.2) is 53.4 Å². The number of nitrogens with one attached hydrogen (secondary N) is 2. The first-order chi connectivity index (χ1) is 12.7. The van der Waals surface area contributed by atoms with E-state index in [4.69, 9.17) is 5.14 Å². The third-order valence-corrected chi connectivity index (χ3v) is 4.64. The van der Waals surface area contributed by atoms with Crippen molar-refractivity contribution in [1.29, 1.82) is 0 Å². The highest BCUT2D eigenvalue weighted by Crippen LogP contribution is 2.09. The number of nitrogens with two attached hydrogens (primary N) is 1. The summed E-state index contributed by atoms with van der Waals surface area (Å²) in [4.78, 5) is 23.5. The van der Waals surface area contributed by atoms with Crippen molar-refractivity contribution in [1.82, 2.24) is 10.6 Å². The van der Waals surface area contributed by atoms with Crippen LogP contribution in [-0.4, -0.2) is 26.8 Å². The second kappa shape index (κ2) is 9.24. The average Bonchev–Trinajstić information content (AvgIpc) is 2.61. The summed E-state index contributed by atoms with van der Waals surface area (Å²) >= 11 is 0. The minimum atomic E-state index is -3.73. The fourth-order valence-electron chi connectivity index (χ4n) is 2.27. The molecule has 0 spiro atoms. The van der Waals surface area contributed by atoms with Crippen molar-refractivity contribution >= 4 is 21.8 Å². The van der Waals surface area contributed by atoms with Crippen molar-refractivity contribution < 1.29 is 22.4 Å². The van der Waals surface area contributed by atoms with Crippen molar-refractivity contribution in [3.8, 4) is 0 Å². The third kappa shape index (κ3) is 7.16. The maximum Gasteiger partial charge on any atom is 0.238 e. The highest BCUT2D eigenvalue weighted by Gasteiger charge is 2.10. The molecule has 0 saturated carbocycles. The molecule has 144 valence electrons. The van der Waals surface area contributed by atoms with E-state index in [9.17, 15) is 22.4 Å². The molecule has 0 heterocycles. The van der Waals surface area contributed by atoms with E-state index in [0.717, 1.165) is 11.1 Å². The molecule has 2 aromatic carbocycles. The summed E-state index contributed by atoms with van der Waals surface area (Å²) in [7, 11) is -3.73. The Morgan fingerprint density at radius 3 is 2.04 bits per heavy atom. The lowest BCUT2D eigenvalue weighted by atomic mass is 10.1. The zero-order valence-electron chi connectivity index (χ0n) is 14.4. The molecule has 0 aliphatic carbocycles. The number of sulfonamides is 1. The second-order valence-corrected chi connectivity index (χ2v) is 7.43. The number of primary sulfonamides is 1. The quantitative estimate of drug-likeness (QED) is 0.576. The number of carbonyl (C=O) groups is 2. The largest absolute Gasteiger partial charge is 0.355 e. The van der Waals surface area contributed by atoms with Gasteiger partial charge in [0, 0.05) is 13.1 Å². The number of rotatable bonds is 8. The van der Waals surface area contributed by atoms with Crippen molar-refractivity contribution in [3.63, 3.8) is 0 Å². The summed E-state index contributed by atoms with van der Waals surface area (Å²) < 4.78 is 35.1. The van der Waals surface area contributed by atoms with Gasteiger partial charge in [-0.05, 0) is 41.8 Å². The molecule has 2 amide bonds. The van der Waals surface area contributed by atoms with Crippen LogP contribution in [-0.2, 0) is 32.6 Å². The maximum absolute atomic E-state index is 12.8. The molecule has 2 rings (SSSR count). The Bertz CT molecular complexity index is 897. The third-order valence-electron chi connectivity index (χ3n) is 3.71. The fourth-order valence-corrected chi connectivity index (χ4v) is 2.78. The van der Waals surface area contributed by atoms with Crippen molar-refractivity contribution in [2.75, 3.05) is 6.54 Å². The van der Waals surface area contributed by atoms with Gasteiger partial charge in [0.2, 0.25) is 21.8 Å². The average molecular weight is 393 g/mol. The Hall–Kier alpha value is -2.78. The molecular formula is C18H20FN3O4S. The summed E-state index contributed by atoms with van der Waals surface area (Å²) in [6.45, 7) is 0.515. The van der Waals surface area contributed by atoms with Gasteiger partial charge in [0.1, 0.15) is 12.2 Å². The zero-order valence-corrected chi connectivity index (χ0v) is 15.3. The van der Waals surface area contributed by atoms with Gasteiger partial charge >= 0.3 is 0 Å². The minimum Gasteiger partial charge on any atom is -0.355 e. The van der Waals surface area contributed by atoms with Crippen LogP contribution in [0.3, 0.4) is 0 Å². The Balaban J connectivity index is 1.69. The molecule has 7 nitrogen and oxygen atoms in total. The van der Waals surface area contributed by atoms with E-state index < -0.39 is 21.8 Å². The van der Waals surface area contributed by atoms with E-state index >= 15 is 0 Å². The van der Waals surface area contributed by atoms with E-state index in [1.807, 2.05) is 0 Å². The van der Waals surface area contributed by atoms with E-state index in [1.165, 1.54) is 24.3 Å². The summed E-state index contributed by atoms with van der Waals surface area (Å²) in [6, 6.07) is 11.7. The van der Waals surface area contributed by atoms with E-state index in [-0.39, 0.29) is 23.7 Å². The first-order valence-corrected chi connectivity index (χ1v) is 9.68. The van der Waals surface area contributed by atoms with Crippen LogP contribution in [0.5, 0.6) is 0 Å². The molecule has 0 saturated heterocycles. The molecule has 9 heteroatoms. The Morgan fingerprint density at radius 1 is 0.889 bits per heavy atom. The van der Waals surface area contributed by atoms with Gasteiger partial charge in [0.25, 0.3) is 0 Å². The maximum atomic E-state index is 12.8. The number of amides is 2. The highest BCUT2D eigenvalue weighted by molar-refractivity contribution is 7.89. The molecule has 0 aliphatic heterocycles. The molecule has 0 radical (unpaired) electrons. The zero-order chi connectivity index (χ0) is 19.9. The molecule has 27 heavy (non-hydrogen) atoms. The molecule has 0 atom stereocenters. The van der Waals surface area contributed by atoms with Gasteiger partial charge in [0.15, 0.2) is 0 Å². The first kappa shape index (κ1) is 20.5. The SMILES string of the molecule is NS(=O)(=O)c1ccc(CCNC(=O)CC(=O)NCc2ccc(F)cc2)cc1. The first-order valence-electron chi connectivity index (χ1n) is 8.13. The smallest absolute Gasteiger partial charge is 0.238 e. The Labute approximate surface area is 156 Å². The molecule has 4 N–H and O–H groups in total. The van der Waals surface area contributed by atoms with E-state index in [2.05, 4.69) is 10.6 Å². The van der Waals surface area contributed by atoms with Crippen LogP contribution < -0.4 is 15.8 Å². The van der Waals surface area contributed by atoms with E-state index in [0.29, 0.717) is 13.0 Å². The lowest BCUT2D eigenvalue weighted by Crippen LogP contribution is -2.32. The van der Waals surface area contributed by atoms with Crippen molar-refractivity contribution in [2.45, 2.75) is 24.3 Å². The molecule has 0 aliphatic rings. The van der Waals surface area contributed by atoms with Crippen LogP contribution in [0.2, 0.25) is 0 Å². The molecule has 2 aromatic rings. The summed E-state index contributed by atoms with van der Waals surface area (Å²) in [5.74, 6) is -1.22. The number of benzene rings is 2. The standard InChI is InChI=1S/C18H20FN3O4S/c19-15-5-1-14(2-6-15)12-22-18(24)11-17(23)21-10-9-13-3-7-16(8-4-13)27(20,25)26/h1-8H,9-12H2,(H,21,23)(H,22,24)(H2,20,25,26). The number of hydrogen-bond acceptors (Lipinski definition) is 4. The van der Waals surface area contributed by atoms with Gasteiger partial charge < -0.3 is 10.6 Å².